The van der Waals surface area contributed by atoms with Gasteiger partial charge in [-0.05, 0) is 0 Å². The Labute approximate surface area is 72.1 Å². The quantitative estimate of drug-likeness (QED) is 0.557. The number of hydrogen-bond donors (Lipinski definition) is 0. The molecule has 0 aromatic carbocycles. The van der Waals surface area contributed by atoms with E-state index in [1.54, 1.807) is 0 Å². The van der Waals surface area contributed by atoms with Crippen LogP contribution in [-0.4, -0.2) is 0 Å². The van der Waals surface area contributed by atoms with Crippen molar-refractivity contribution in [2.75, 3.05) is 0 Å². The van der Waals surface area contributed by atoms with Crippen LogP contribution in [0, 0.1) is 41.7 Å². The molecule has 0 saturated heterocycles. The van der Waals surface area contributed by atoms with Gasteiger partial charge in [-0.25, -0.2) is 0 Å². The Bertz CT molecular complexity index is 15.5. The van der Waals surface area contributed by atoms with Crippen molar-refractivity contribution in [2.45, 2.75) is 0 Å². The molecule has 0 amide bonds. The first-order chi connectivity index (χ1) is 1.41. The van der Waals surface area contributed by atoms with E-state index in [0.717, 1.165) is 0 Å². The van der Waals surface area contributed by atoms with Crippen LogP contribution in [0.3, 0.4) is 0 Å². The summed E-state index contributed by atoms with van der Waals surface area (Å²) in [7, 11) is 0. The third-order valence-electron chi connectivity index (χ3n) is 0. The minimum absolute atomic E-state index is 0. The van der Waals surface area contributed by atoms with Crippen molar-refractivity contribution in [1.82, 2.24) is 0 Å². The van der Waals surface area contributed by atoms with Crippen LogP contribution in [0.5, 0.6) is 0 Å². The first-order valence-electron chi connectivity index (χ1n) is 0.341. The molecule has 0 aromatic heterocycles. The van der Waals surface area contributed by atoms with Gasteiger partial charge in [0.05, 0.1) is 0 Å². The van der Waals surface area contributed by atoms with Gasteiger partial charge in [-0.1, -0.05) is 0 Å². The molecule has 0 bridgehead atoms. The van der Waals surface area contributed by atoms with Gasteiger partial charge in [0.25, 0.3) is 0 Å². The van der Waals surface area contributed by atoms with E-state index >= 15 is 0 Å². The van der Waals surface area contributed by atoms with Crippen molar-refractivity contribution in [3.05, 3.63) is 0 Å². The molecular formula is CeFeOV. The average molecular weight is 263 g/mol. The Hall–Kier alpha value is 2.28. The molecule has 0 atom stereocenters. The van der Waals surface area contributed by atoms with Crippen molar-refractivity contribution in [2.24, 2.45) is 0 Å². The summed E-state index contributed by atoms with van der Waals surface area (Å²) in [6.45, 7) is 0. The fourth-order valence-electron chi connectivity index (χ4n) is 0. The van der Waals surface area contributed by atoms with E-state index in [0.29, 0.717) is 0 Å². The molecular weight excluding hydrogens is 263 g/mol. The van der Waals surface area contributed by atoms with Gasteiger partial charge in [-0.3, -0.25) is 0 Å². The molecule has 1 nitrogen and oxygen atoms in total. The van der Waals surface area contributed by atoms with Gasteiger partial charge in [-0.2, -0.15) is 0 Å². The molecule has 0 rings (SSSR count). The molecule has 4 heavy (non-hydrogen) atoms. The van der Waals surface area contributed by atoms with Gasteiger partial charge in [0.15, 0.2) is 0 Å². The summed E-state index contributed by atoms with van der Waals surface area (Å²) in [5.41, 5.74) is 0. The molecule has 0 saturated carbocycles. The second kappa shape index (κ2) is 8.99. The summed E-state index contributed by atoms with van der Waals surface area (Å²) in [6, 6.07) is 0. The summed E-state index contributed by atoms with van der Waals surface area (Å²) >= 11 is 2.21. The molecule has 0 N–H and O–H groups in total. The SMILES string of the molecule is [Ce].[O]=[V][Fe]. The monoisotopic (exact) mass is 263 g/mol. The zero-order valence-corrected chi connectivity index (χ0v) is 7.35. The molecule has 0 heterocycles. The molecule has 0 aromatic rings. The Morgan fingerprint density at radius 2 is 1.75 bits per heavy atom. The maximum atomic E-state index is 8.91. The first kappa shape index (κ1) is 9.56. The molecule has 0 aliphatic heterocycles. The van der Waals surface area contributed by atoms with Crippen LogP contribution in [0.1, 0.15) is 0 Å². The van der Waals surface area contributed by atoms with Gasteiger partial charge in [-0.15, -0.1) is 0 Å². The molecule has 0 fully saturated rings. The van der Waals surface area contributed by atoms with Crippen LogP contribution in [0.15, 0.2) is 0 Å². The topological polar surface area (TPSA) is 17.1 Å². The second-order valence-electron chi connectivity index (χ2n) is 0.0645. The van der Waals surface area contributed by atoms with Crippen molar-refractivity contribution in [3.8, 4) is 0 Å². The van der Waals surface area contributed by atoms with E-state index in [2.05, 4.69) is 13.9 Å². The van der Waals surface area contributed by atoms with Crippen LogP contribution >= 0.6 is 0 Å². The van der Waals surface area contributed by atoms with Crippen LogP contribution in [-0.2, 0) is 31.9 Å². The third-order valence-corrected chi connectivity index (χ3v) is 0. The second-order valence-corrected chi connectivity index (χ2v) is 1.10. The normalized spacial score (nSPS) is 3.25. The molecule has 4 heteroatoms. The summed E-state index contributed by atoms with van der Waals surface area (Å²) in [5, 5.41) is 0. The van der Waals surface area contributed by atoms with Gasteiger partial charge in [0, 0.05) is 41.7 Å². The van der Waals surface area contributed by atoms with E-state index in [9.17, 15) is 0 Å². The van der Waals surface area contributed by atoms with Crippen LogP contribution < -0.4 is 0 Å². The first-order valence-corrected chi connectivity index (χ1v) is 3.44. The zero-order valence-electron chi connectivity index (χ0n) is 1.71. The van der Waals surface area contributed by atoms with Crippen molar-refractivity contribution in [1.29, 1.82) is 0 Å². The van der Waals surface area contributed by atoms with Crippen LogP contribution in [0.4, 0.5) is 0 Å². The van der Waals surface area contributed by atoms with Crippen LogP contribution in [0.2, 0.25) is 0 Å². The summed E-state index contributed by atoms with van der Waals surface area (Å²) in [4.78, 5) is 0. The molecule has 23 valence electrons. The maximum absolute atomic E-state index is 8.91. The summed E-state index contributed by atoms with van der Waals surface area (Å²) < 4.78 is 8.91. The zero-order chi connectivity index (χ0) is 2.71. The fraction of sp³-hybridized carbons (Fsp3) is 0. The molecule has 0 aliphatic carbocycles. The minimum atomic E-state index is -0.812. The Morgan fingerprint density at radius 1 is 1.75 bits per heavy atom. The molecule has 0 spiro atoms. The van der Waals surface area contributed by atoms with Gasteiger partial charge in [0.2, 0.25) is 0 Å². The Balaban J connectivity index is 0. The van der Waals surface area contributed by atoms with Gasteiger partial charge < -0.3 is 0 Å². The predicted octanol–water partition coefficient (Wildman–Crippen LogP) is -0.124. The van der Waals surface area contributed by atoms with E-state index in [1.807, 2.05) is 0 Å². The third kappa shape index (κ3) is 8.86. The Morgan fingerprint density at radius 3 is 1.75 bits per heavy atom. The molecule has 0 unspecified atom stereocenters. The summed E-state index contributed by atoms with van der Waals surface area (Å²) in [6.07, 6.45) is 0. The van der Waals surface area contributed by atoms with E-state index in [4.69, 9.17) is 3.67 Å². The van der Waals surface area contributed by atoms with E-state index in [1.165, 1.54) is 0 Å². The number of rotatable bonds is 0. The summed E-state index contributed by atoms with van der Waals surface area (Å²) in [5.74, 6) is 0. The molecule has 0 aliphatic rings. The van der Waals surface area contributed by atoms with Crippen LogP contribution in [0.25, 0.3) is 0 Å². The Kier molecular flexibility index (Phi) is 21.5. The van der Waals surface area contributed by atoms with Gasteiger partial charge >= 0.3 is 31.9 Å². The van der Waals surface area contributed by atoms with Crippen molar-refractivity contribution in [3.63, 3.8) is 0 Å². The standard InChI is InChI=1S/Ce.Fe.O.V. The average Bonchev–Trinajstić information content (AvgIpc) is 0.918. The van der Waals surface area contributed by atoms with E-state index < -0.39 is 14.3 Å². The van der Waals surface area contributed by atoms with Gasteiger partial charge in [0.1, 0.15) is 0 Å². The van der Waals surface area contributed by atoms with Crippen molar-refractivity contribution >= 4 is 0 Å². The number of hydrogen-bond acceptors (Lipinski definition) is 1. The predicted molar refractivity (Wildman–Crippen MR) is 0.686 cm³/mol. The molecule has 0 radical (unpaired) electrons. The van der Waals surface area contributed by atoms with E-state index in [-0.39, 0.29) is 41.7 Å². The van der Waals surface area contributed by atoms with Crippen molar-refractivity contribution < 1.29 is 73.6 Å². The fourth-order valence-corrected chi connectivity index (χ4v) is 0.